The number of rotatable bonds is 2. The molecule has 0 saturated carbocycles. The Balaban J connectivity index is 3.11. The summed E-state index contributed by atoms with van der Waals surface area (Å²) >= 11 is 0. The van der Waals surface area contributed by atoms with Gasteiger partial charge in [-0.1, -0.05) is 30.3 Å². The van der Waals surface area contributed by atoms with Gasteiger partial charge in [-0.05, 0) is 47.1 Å². The average Bonchev–Trinajstić information content (AvgIpc) is 2.15. The van der Waals surface area contributed by atoms with Crippen molar-refractivity contribution in [2.45, 2.75) is 58.0 Å². The fourth-order valence-electron chi connectivity index (χ4n) is 2.35. The van der Waals surface area contributed by atoms with E-state index in [1.54, 1.807) is 0 Å². The van der Waals surface area contributed by atoms with Gasteiger partial charge in [0.15, 0.2) is 0 Å². The number of hydrogen-bond acceptors (Lipinski definition) is 0. The molecule has 0 unspecified atom stereocenters. The first kappa shape index (κ1) is 14.8. The monoisotopic (exact) mass is 247 g/mol. The van der Waals surface area contributed by atoms with Gasteiger partial charge in [-0.15, -0.1) is 0 Å². The van der Waals surface area contributed by atoms with Gasteiger partial charge in [0, 0.05) is 16.5 Å². The molecule has 0 aliphatic heterocycles. The van der Waals surface area contributed by atoms with Crippen molar-refractivity contribution in [2.75, 3.05) is 0 Å². The molecule has 93 valence electrons. The van der Waals surface area contributed by atoms with Gasteiger partial charge in [-0.2, -0.15) is 0 Å². The smallest absolute Gasteiger partial charge is 0.0376 e. The maximum absolute atomic E-state index is 6.90. The van der Waals surface area contributed by atoms with E-state index in [9.17, 15) is 0 Å². The van der Waals surface area contributed by atoms with E-state index in [0.29, 0.717) is 0 Å². The lowest BCUT2D eigenvalue weighted by atomic mass is 10.2. The largest absolute Gasteiger partial charge is 0.305 e. The summed E-state index contributed by atoms with van der Waals surface area (Å²) in [5.41, 5.74) is 1.37. The van der Waals surface area contributed by atoms with E-state index in [0.717, 1.165) is 6.16 Å². The van der Waals surface area contributed by atoms with E-state index in [1.807, 2.05) is 0 Å². The van der Waals surface area contributed by atoms with Crippen LogP contribution in [0.25, 0.3) is 0 Å². The maximum atomic E-state index is 6.90. The van der Waals surface area contributed by atoms with Crippen molar-refractivity contribution >= 4 is 14.7 Å². The summed E-state index contributed by atoms with van der Waals surface area (Å²) in [4.78, 5) is 0. The van der Waals surface area contributed by atoms with E-state index in [-0.39, 0.29) is 10.3 Å². The molecular formula is C15H25BP. The van der Waals surface area contributed by atoms with Gasteiger partial charge in [0.25, 0.3) is 0 Å². The Morgan fingerprint density at radius 2 is 1.29 bits per heavy atom. The fraction of sp³-hybridized carbons (Fsp3) is 0.600. The van der Waals surface area contributed by atoms with Crippen LogP contribution in [0.1, 0.15) is 47.1 Å². The molecule has 0 heterocycles. The van der Waals surface area contributed by atoms with Crippen LogP contribution >= 0.6 is 7.14 Å². The summed E-state index contributed by atoms with van der Waals surface area (Å²) in [5, 5.41) is 0.363. The normalized spacial score (nSPS) is 13.8. The lowest BCUT2D eigenvalue weighted by Crippen LogP contribution is -2.35. The first-order valence-electron chi connectivity index (χ1n) is 6.29. The predicted molar refractivity (Wildman–Crippen MR) is 82.3 cm³/mol. The Labute approximate surface area is 109 Å². The van der Waals surface area contributed by atoms with E-state index in [4.69, 9.17) is 7.57 Å². The van der Waals surface area contributed by atoms with Crippen LogP contribution in [0.2, 0.25) is 0 Å². The van der Waals surface area contributed by atoms with Gasteiger partial charge in [-0.3, -0.25) is 0 Å². The van der Waals surface area contributed by atoms with E-state index in [2.05, 4.69) is 71.9 Å². The second-order valence-electron chi connectivity index (χ2n) is 6.85. The van der Waals surface area contributed by atoms with Crippen LogP contribution in [0.4, 0.5) is 0 Å². The molecule has 1 aromatic carbocycles. The molecule has 0 nitrogen and oxygen atoms in total. The second-order valence-corrected chi connectivity index (χ2v) is 11.6. The van der Waals surface area contributed by atoms with Crippen molar-refractivity contribution in [2.24, 2.45) is 0 Å². The second kappa shape index (κ2) is 4.77. The lowest BCUT2D eigenvalue weighted by Gasteiger charge is -2.57. The van der Waals surface area contributed by atoms with Crippen molar-refractivity contribution in [3.05, 3.63) is 35.9 Å². The van der Waals surface area contributed by atoms with Crippen LogP contribution in [0.3, 0.4) is 0 Å². The van der Waals surface area contributed by atoms with Crippen LogP contribution in [0.5, 0.6) is 0 Å². The highest BCUT2D eigenvalue weighted by Crippen LogP contribution is 2.74. The molecule has 1 aromatic rings. The van der Waals surface area contributed by atoms with Crippen LogP contribution in [0, 0.1) is 0 Å². The van der Waals surface area contributed by atoms with Crippen LogP contribution in [-0.2, 0) is 6.16 Å². The first-order chi connectivity index (χ1) is 7.58. The minimum absolute atomic E-state index is 0.182. The molecule has 0 spiro atoms. The third-order valence-corrected chi connectivity index (χ3v) is 9.32. The molecule has 0 saturated heterocycles. The Hall–Kier alpha value is -0.285. The molecule has 0 aromatic heterocycles. The summed E-state index contributed by atoms with van der Waals surface area (Å²) in [5.74, 6) is 0. The summed E-state index contributed by atoms with van der Waals surface area (Å²) in [6.07, 6.45) is 1.03. The molecule has 0 fully saturated rings. The summed E-state index contributed by atoms with van der Waals surface area (Å²) in [6.45, 7) is 13.7. The maximum Gasteiger partial charge on any atom is 0.0376 e. The Morgan fingerprint density at radius 1 is 0.882 bits per heavy atom. The van der Waals surface area contributed by atoms with Gasteiger partial charge in [-0.25, -0.2) is 7.14 Å². The zero-order chi connectivity index (χ0) is 13.3. The highest BCUT2D eigenvalue weighted by Gasteiger charge is 2.42. The Morgan fingerprint density at radius 3 is 1.65 bits per heavy atom. The Bertz CT molecular complexity index is 343. The van der Waals surface area contributed by atoms with Crippen LogP contribution in [0.15, 0.2) is 30.3 Å². The summed E-state index contributed by atoms with van der Waals surface area (Å²) < 4.78 is 0. The van der Waals surface area contributed by atoms with Crippen LogP contribution < -0.4 is 0 Å². The average molecular weight is 247 g/mol. The Kier molecular flexibility index (Phi) is 4.14. The molecular weight excluding hydrogens is 222 g/mol. The zero-order valence-electron chi connectivity index (χ0n) is 12.1. The van der Waals surface area contributed by atoms with Gasteiger partial charge in [0.1, 0.15) is 0 Å². The van der Waals surface area contributed by atoms with E-state index in [1.165, 1.54) is 5.56 Å². The van der Waals surface area contributed by atoms with Crippen molar-refractivity contribution in [3.63, 3.8) is 0 Å². The van der Waals surface area contributed by atoms with Gasteiger partial charge in [0.2, 0.25) is 0 Å². The third kappa shape index (κ3) is 3.13. The summed E-state index contributed by atoms with van der Waals surface area (Å²) in [7, 11) is 5.34. The third-order valence-electron chi connectivity index (χ3n) is 3.67. The highest BCUT2D eigenvalue weighted by molar-refractivity contribution is 7.99. The molecule has 0 atom stereocenters. The standard InChI is InChI=1S/C15H25BP/c1-14(2,3)17(16,15(4,5)6)12-13-10-8-7-9-11-13/h7-11H,12H2,1-6H3. The predicted octanol–water partition coefficient (Wildman–Crippen LogP) is 4.88. The SMILES string of the molecule is [B-][P+](Cc1ccccc1)(C(C)(C)C)C(C)(C)C. The molecule has 17 heavy (non-hydrogen) atoms. The molecule has 0 N–H and O–H groups in total. The van der Waals surface area contributed by atoms with Crippen molar-refractivity contribution in [3.8, 4) is 0 Å². The van der Waals surface area contributed by atoms with E-state index < -0.39 is 7.14 Å². The number of hydrogen-bond donors (Lipinski definition) is 0. The molecule has 0 bridgehead atoms. The van der Waals surface area contributed by atoms with Crippen molar-refractivity contribution in [1.29, 1.82) is 0 Å². The molecule has 0 amide bonds. The van der Waals surface area contributed by atoms with Gasteiger partial charge in [0.05, 0.1) is 0 Å². The van der Waals surface area contributed by atoms with E-state index >= 15 is 0 Å². The first-order valence-corrected chi connectivity index (χ1v) is 8.33. The van der Waals surface area contributed by atoms with Gasteiger partial charge >= 0.3 is 0 Å². The minimum Gasteiger partial charge on any atom is -0.305 e. The highest BCUT2D eigenvalue weighted by atomic mass is 31.2. The molecule has 3 radical (unpaired) electrons. The van der Waals surface area contributed by atoms with Crippen LogP contribution in [-0.4, -0.2) is 17.9 Å². The topological polar surface area (TPSA) is 0 Å². The zero-order valence-corrected chi connectivity index (χ0v) is 13.0. The number of benzene rings is 1. The molecule has 1 rings (SSSR count). The molecule has 0 aliphatic rings. The van der Waals surface area contributed by atoms with Gasteiger partial charge < -0.3 is 7.57 Å². The molecule has 0 aliphatic carbocycles. The quantitative estimate of drug-likeness (QED) is 0.515. The fourth-order valence-corrected chi connectivity index (χ4v) is 6.10. The van der Waals surface area contributed by atoms with Crippen molar-refractivity contribution in [1.82, 2.24) is 0 Å². The summed E-state index contributed by atoms with van der Waals surface area (Å²) in [6, 6.07) is 10.7. The minimum atomic E-state index is -1.56. The molecule has 2 heteroatoms. The van der Waals surface area contributed by atoms with Crippen molar-refractivity contribution < 1.29 is 0 Å². The lowest BCUT2D eigenvalue weighted by molar-refractivity contribution is 0.696.